The number of hydrogen-bond donors (Lipinski definition) is 1. The molecule has 3 heterocycles. The number of aromatic nitrogens is 4. The Balaban J connectivity index is 1.45. The van der Waals surface area contributed by atoms with Crippen molar-refractivity contribution in [1.82, 2.24) is 24.9 Å². The molecular weight excluding hydrogens is 362 g/mol. The van der Waals surface area contributed by atoms with Gasteiger partial charge in [-0.1, -0.05) is 37.3 Å². The lowest BCUT2D eigenvalue weighted by molar-refractivity contribution is -0.121. The molecule has 0 bridgehead atoms. The lowest BCUT2D eigenvalue weighted by atomic mass is 10.0. The molecule has 29 heavy (non-hydrogen) atoms. The second-order valence-electron chi connectivity index (χ2n) is 7.49. The lowest BCUT2D eigenvalue weighted by Crippen LogP contribution is -2.27. The van der Waals surface area contributed by atoms with Crippen LogP contribution in [0.4, 0.5) is 0 Å². The van der Waals surface area contributed by atoms with E-state index in [0.717, 1.165) is 28.0 Å². The number of benzene rings is 1. The monoisotopic (exact) mass is 387 g/mol. The van der Waals surface area contributed by atoms with Crippen molar-refractivity contribution in [2.24, 2.45) is 0 Å². The number of pyridine rings is 1. The maximum absolute atomic E-state index is 12.4. The minimum absolute atomic E-state index is 0.0546. The van der Waals surface area contributed by atoms with Crippen molar-refractivity contribution in [2.45, 2.75) is 39.5 Å². The molecule has 1 atom stereocenters. The average molecular weight is 387 g/mol. The quantitative estimate of drug-likeness (QED) is 0.547. The van der Waals surface area contributed by atoms with Gasteiger partial charge in [0.1, 0.15) is 0 Å². The van der Waals surface area contributed by atoms with Gasteiger partial charge in [0.25, 0.3) is 0 Å². The summed E-state index contributed by atoms with van der Waals surface area (Å²) in [5.74, 6) is 0.338. The van der Waals surface area contributed by atoms with Crippen LogP contribution in [0.15, 0.2) is 48.7 Å². The molecule has 0 aliphatic carbocycles. The van der Waals surface area contributed by atoms with E-state index in [1.54, 1.807) is 6.20 Å². The summed E-state index contributed by atoms with van der Waals surface area (Å²) in [4.78, 5) is 21.5. The fourth-order valence-electron chi connectivity index (χ4n) is 3.72. The number of aryl methyl sites for hydroxylation is 2. The molecule has 0 spiro atoms. The van der Waals surface area contributed by atoms with E-state index >= 15 is 0 Å². The van der Waals surface area contributed by atoms with Gasteiger partial charge in [-0.2, -0.15) is 0 Å². The first-order valence-corrected chi connectivity index (χ1v) is 9.95. The molecule has 0 radical (unpaired) electrons. The second-order valence-corrected chi connectivity index (χ2v) is 7.49. The van der Waals surface area contributed by atoms with E-state index in [0.29, 0.717) is 25.0 Å². The molecule has 0 aliphatic heterocycles. The Morgan fingerprint density at radius 2 is 1.93 bits per heavy atom. The van der Waals surface area contributed by atoms with Crippen molar-refractivity contribution in [3.8, 4) is 0 Å². The number of rotatable bonds is 6. The maximum Gasteiger partial charge on any atom is 0.220 e. The van der Waals surface area contributed by atoms with Gasteiger partial charge in [-0.05, 0) is 49.4 Å². The van der Waals surface area contributed by atoms with Gasteiger partial charge in [-0.25, -0.2) is 14.5 Å². The first kappa shape index (κ1) is 19.1. The number of carbonyl (C=O) groups excluding carboxylic acids is 1. The van der Waals surface area contributed by atoms with Crippen molar-refractivity contribution in [1.29, 1.82) is 0 Å². The molecule has 0 fully saturated rings. The van der Waals surface area contributed by atoms with Crippen LogP contribution >= 0.6 is 0 Å². The van der Waals surface area contributed by atoms with E-state index in [4.69, 9.17) is 4.98 Å². The third-order valence-electron chi connectivity index (χ3n) is 5.46. The van der Waals surface area contributed by atoms with Crippen LogP contribution in [0.5, 0.6) is 0 Å². The van der Waals surface area contributed by atoms with E-state index in [-0.39, 0.29) is 11.8 Å². The second kappa shape index (κ2) is 7.99. The van der Waals surface area contributed by atoms with Crippen molar-refractivity contribution in [3.05, 3.63) is 71.2 Å². The van der Waals surface area contributed by atoms with E-state index < -0.39 is 0 Å². The molecule has 4 aromatic rings. The first-order chi connectivity index (χ1) is 14.0. The molecule has 148 valence electrons. The average Bonchev–Trinajstić information content (AvgIpc) is 3.11. The van der Waals surface area contributed by atoms with Crippen LogP contribution in [-0.2, 0) is 11.2 Å². The summed E-state index contributed by atoms with van der Waals surface area (Å²) in [6.07, 6.45) is 2.80. The van der Waals surface area contributed by atoms with Crippen LogP contribution in [0.1, 0.15) is 41.8 Å². The van der Waals surface area contributed by atoms with Gasteiger partial charge in [0.2, 0.25) is 5.91 Å². The van der Waals surface area contributed by atoms with Gasteiger partial charge in [-0.3, -0.25) is 4.79 Å². The molecule has 0 aliphatic rings. The first-order valence-electron chi connectivity index (χ1n) is 9.95. The van der Waals surface area contributed by atoms with Crippen molar-refractivity contribution >= 4 is 22.6 Å². The molecule has 0 saturated carbocycles. The largest absolute Gasteiger partial charge is 0.355 e. The summed E-state index contributed by atoms with van der Waals surface area (Å²) >= 11 is 0. The van der Waals surface area contributed by atoms with Crippen LogP contribution in [0.25, 0.3) is 16.7 Å². The summed E-state index contributed by atoms with van der Waals surface area (Å²) in [5, 5.41) is 8.58. The van der Waals surface area contributed by atoms with Gasteiger partial charge in [-0.15, -0.1) is 5.10 Å². The number of carbonyl (C=O) groups is 1. The zero-order valence-corrected chi connectivity index (χ0v) is 17.0. The summed E-state index contributed by atoms with van der Waals surface area (Å²) in [6.45, 7) is 6.78. The standard InChI is InChI=1S/C23H25N5O/c1-15(18-8-5-4-6-9-18)14-25-21(29)12-11-19-16(2)26-23-20-10-7-13-24-22(20)27-28(23)17(19)3/h4-10,13,15H,11-12,14H2,1-3H3,(H,25,29). The van der Waals surface area contributed by atoms with Gasteiger partial charge >= 0.3 is 0 Å². The fourth-order valence-corrected chi connectivity index (χ4v) is 3.72. The predicted octanol–water partition coefficient (Wildman–Crippen LogP) is 3.75. The Hall–Kier alpha value is -3.28. The number of hydrogen-bond acceptors (Lipinski definition) is 4. The lowest BCUT2D eigenvalue weighted by Gasteiger charge is -2.14. The molecule has 0 saturated heterocycles. The zero-order chi connectivity index (χ0) is 20.4. The highest BCUT2D eigenvalue weighted by molar-refractivity contribution is 5.89. The molecule has 1 N–H and O–H groups in total. The summed E-state index contributed by atoms with van der Waals surface area (Å²) in [6, 6.07) is 14.1. The van der Waals surface area contributed by atoms with Crippen LogP contribution in [0.3, 0.4) is 0 Å². The van der Waals surface area contributed by atoms with Crippen molar-refractivity contribution < 1.29 is 4.79 Å². The van der Waals surface area contributed by atoms with Gasteiger partial charge in [0.05, 0.1) is 5.39 Å². The normalized spacial score (nSPS) is 12.4. The number of nitrogens with zero attached hydrogens (tertiary/aromatic N) is 4. The van der Waals surface area contributed by atoms with Crippen LogP contribution in [0.2, 0.25) is 0 Å². The van der Waals surface area contributed by atoms with Crippen molar-refractivity contribution in [2.75, 3.05) is 6.54 Å². The third kappa shape index (κ3) is 3.83. The Kier molecular flexibility index (Phi) is 5.25. The Labute approximate surface area is 170 Å². The molecule has 4 rings (SSSR count). The summed E-state index contributed by atoms with van der Waals surface area (Å²) in [7, 11) is 0. The molecule has 3 aromatic heterocycles. The fraction of sp³-hybridized carbons (Fsp3) is 0.304. The molecule has 6 heteroatoms. The Bertz CT molecular complexity index is 1170. The topological polar surface area (TPSA) is 72.2 Å². The molecule has 1 aromatic carbocycles. The summed E-state index contributed by atoms with van der Waals surface area (Å²) < 4.78 is 1.84. The number of nitrogens with one attached hydrogen (secondary N) is 1. The van der Waals surface area contributed by atoms with Gasteiger partial charge < -0.3 is 5.32 Å². The minimum Gasteiger partial charge on any atom is -0.355 e. The van der Waals surface area contributed by atoms with Crippen molar-refractivity contribution in [3.63, 3.8) is 0 Å². The highest BCUT2D eigenvalue weighted by Crippen LogP contribution is 2.22. The van der Waals surface area contributed by atoms with E-state index in [2.05, 4.69) is 34.5 Å². The van der Waals surface area contributed by atoms with E-state index in [1.165, 1.54) is 5.56 Å². The van der Waals surface area contributed by atoms with E-state index in [1.807, 2.05) is 48.7 Å². The molecular formula is C23H25N5O. The van der Waals surface area contributed by atoms with Crippen LogP contribution < -0.4 is 5.32 Å². The molecule has 1 unspecified atom stereocenters. The maximum atomic E-state index is 12.4. The molecule has 1 amide bonds. The van der Waals surface area contributed by atoms with Crippen LogP contribution in [-0.4, -0.2) is 32.0 Å². The zero-order valence-electron chi connectivity index (χ0n) is 17.0. The highest BCUT2D eigenvalue weighted by atomic mass is 16.1. The third-order valence-corrected chi connectivity index (χ3v) is 5.46. The number of fused-ring (bicyclic) bond motifs is 3. The van der Waals surface area contributed by atoms with E-state index in [9.17, 15) is 4.79 Å². The molecule has 6 nitrogen and oxygen atoms in total. The number of amides is 1. The minimum atomic E-state index is 0.0546. The Morgan fingerprint density at radius 3 is 2.72 bits per heavy atom. The van der Waals surface area contributed by atoms with Crippen LogP contribution in [0, 0.1) is 13.8 Å². The van der Waals surface area contributed by atoms with Gasteiger partial charge in [0.15, 0.2) is 11.3 Å². The Morgan fingerprint density at radius 1 is 1.14 bits per heavy atom. The smallest absolute Gasteiger partial charge is 0.220 e. The highest BCUT2D eigenvalue weighted by Gasteiger charge is 2.15. The SMILES string of the molecule is Cc1nc2c3cccnc3nn2c(C)c1CCC(=O)NCC(C)c1ccccc1. The predicted molar refractivity (Wildman–Crippen MR) is 114 cm³/mol. The summed E-state index contributed by atoms with van der Waals surface area (Å²) in [5.41, 5.74) is 5.74. The van der Waals surface area contributed by atoms with Gasteiger partial charge in [0, 0.05) is 30.6 Å².